The van der Waals surface area contributed by atoms with E-state index in [2.05, 4.69) is 24.5 Å². The van der Waals surface area contributed by atoms with Crippen molar-refractivity contribution >= 4 is 23.2 Å². The fraction of sp³-hybridized carbons (Fsp3) is 0.500. The van der Waals surface area contributed by atoms with Crippen LogP contribution in [-0.4, -0.2) is 24.2 Å². The number of benzene rings is 1. The highest BCUT2D eigenvalue weighted by atomic mass is 32.1. The molecule has 0 aromatic heterocycles. The molecule has 5 heteroatoms. The molecule has 0 bridgehead atoms. The third kappa shape index (κ3) is 7.09. The number of nitrogens with one attached hydrogen (secondary N) is 2. The monoisotopic (exact) mass is 308 g/mol. The molecule has 1 aromatic rings. The van der Waals surface area contributed by atoms with Crippen LogP contribution in [0.25, 0.3) is 0 Å². The van der Waals surface area contributed by atoms with E-state index in [9.17, 15) is 4.79 Å². The third-order valence-electron chi connectivity index (χ3n) is 2.93. The van der Waals surface area contributed by atoms with Crippen molar-refractivity contribution in [3.05, 3.63) is 29.8 Å². The minimum Gasteiger partial charge on any atom is -0.494 e. The number of hydrogen-bond acceptors (Lipinski definition) is 3. The summed E-state index contributed by atoms with van der Waals surface area (Å²) < 4.78 is 5.56. The van der Waals surface area contributed by atoms with Gasteiger partial charge in [0.25, 0.3) is 5.91 Å². The molecule has 0 heterocycles. The van der Waals surface area contributed by atoms with Crippen molar-refractivity contribution in [2.24, 2.45) is 0 Å². The van der Waals surface area contributed by atoms with Gasteiger partial charge in [0.1, 0.15) is 5.75 Å². The van der Waals surface area contributed by atoms with Crippen LogP contribution in [0.3, 0.4) is 0 Å². The van der Waals surface area contributed by atoms with Crippen molar-refractivity contribution in [1.29, 1.82) is 0 Å². The van der Waals surface area contributed by atoms with Crippen molar-refractivity contribution < 1.29 is 9.53 Å². The summed E-state index contributed by atoms with van der Waals surface area (Å²) in [4.78, 5) is 12.0. The second-order valence-corrected chi connectivity index (χ2v) is 5.20. The molecule has 2 N–H and O–H groups in total. The van der Waals surface area contributed by atoms with E-state index in [4.69, 9.17) is 17.0 Å². The van der Waals surface area contributed by atoms with Crippen LogP contribution in [0.5, 0.6) is 5.75 Å². The topological polar surface area (TPSA) is 50.4 Å². The average molecular weight is 308 g/mol. The molecule has 4 nitrogen and oxygen atoms in total. The predicted octanol–water partition coefficient (Wildman–Crippen LogP) is 3.27. The molecule has 1 amide bonds. The Hall–Kier alpha value is -1.62. The number of unbranched alkanes of at least 4 members (excludes halogenated alkanes) is 2. The van der Waals surface area contributed by atoms with Gasteiger partial charge in [-0.25, -0.2) is 0 Å². The van der Waals surface area contributed by atoms with Crippen LogP contribution < -0.4 is 15.4 Å². The lowest BCUT2D eigenvalue weighted by atomic mass is 10.2. The van der Waals surface area contributed by atoms with Crippen LogP contribution in [-0.2, 0) is 0 Å². The van der Waals surface area contributed by atoms with Crippen molar-refractivity contribution in [2.45, 2.75) is 39.5 Å². The smallest absolute Gasteiger partial charge is 0.257 e. The van der Waals surface area contributed by atoms with Gasteiger partial charge in [-0.3, -0.25) is 10.1 Å². The van der Waals surface area contributed by atoms with Gasteiger partial charge in [0.05, 0.1) is 6.61 Å². The maximum absolute atomic E-state index is 12.0. The summed E-state index contributed by atoms with van der Waals surface area (Å²) in [5.74, 6) is 0.577. The zero-order chi connectivity index (χ0) is 15.5. The highest BCUT2D eigenvalue weighted by Gasteiger charge is 2.07. The fourth-order valence-electron chi connectivity index (χ4n) is 1.64. The lowest BCUT2D eigenvalue weighted by molar-refractivity contribution is 0.0976. The minimum atomic E-state index is -0.205. The van der Waals surface area contributed by atoms with Crippen molar-refractivity contribution in [3.63, 3.8) is 0 Å². The van der Waals surface area contributed by atoms with Crippen LogP contribution >= 0.6 is 12.2 Å². The van der Waals surface area contributed by atoms with Crippen LogP contribution in [0.15, 0.2) is 24.3 Å². The van der Waals surface area contributed by atoms with E-state index < -0.39 is 0 Å². The summed E-state index contributed by atoms with van der Waals surface area (Å²) in [6, 6.07) is 7.09. The first-order valence-electron chi connectivity index (χ1n) is 7.49. The van der Waals surface area contributed by atoms with Crippen LogP contribution in [0.4, 0.5) is 0 Å². The number of rotatable bonds is 8. The first kappa shape index (κ1) is 17.4. The van der Waals surface area contributed by atoms with Crippen molar-refractivity contribution in [2.75, 3.05) is 13.2 Å². The SMILES string of the molecule is CCCCNC(=S)NC(=O)c1ccc(OCCCC)cc1. The van der Waals surface area contributed by atoms with Gasteiger partial charge in [-0.15, -0.1) is 0 Å². The third-order valence-corrected chi connectivity index (χ3v) is 3.17. The molecule has 0 aliphatic heterocycles. The number of thiocarbonyl (C=S) groups is 1. The van der Waals surface area contributed by atoms with Gasteiger partial charge in [0, 0.05) is 12.1 Å². The van der Waals surface area contributed by atoms with E-state index in [1.54, 1.807) is 24.3 Å². The van der Waals surface area contributed by atoms with E-state index in [1.807, 2.05) is 0 Å². The Kier molecular flexibility index (Phi) is 8.43. The van der Waals surface area contributed by atoms with Gasteiger partial charge in [0.2, 0.25) is 0 Å². The Morgan fingerprint density at radius 2 is 1.81 bits per heavy atom. The number of carbonyl (C=O) groups excluding carboxylic acids is 1. The quantitative estimate of drug-likeness (QED) is 0.572. The summed E-state index contributed by atoms with van der Waals surface area (Å²) in [5, 5.41) is 6.04. The summed E-state index contributed by atoms with van der Waals surface area (Å²) in [5.41, 5.74) is 0.567. The molecule has 0 aliphatic rings. The molecule has 0 saturated carbocycles. The molecule has 0 fully saturated rings. The van der Waals surface area contributed by atoms with Gasteiger partial charge in [0.15, 0.2) is 5.11 Å². The minimum absolute atomic E-state index is 0.205. The fourth-order valence-corrected chi connectivity index (χ4v) is 1.83. The molecule has 0 unspecified atom stereocenters. The molecule has 116 valence electrons. The molecule has 0 radical (unpaired) electrons. The lowest BCUT2D eigenvalue weighted by Gasteiger charge is -2.09. The summed E-state index contributed by atoms with van der Waals surface area (Å²) >= 11 is 5.07. The Morgan fingerprint density at radius 1 is 1.14 bits per heavy atom. The Bertz CT molecular complexity index is 446. The van der Waals surface area contributed by atoms with Gasteiger partial charge in [-0.2, -0.15) is 0 Å². The molecule has 0 saturated heterocycles. The maximum atomic E-state index is 12.0. The largest absolute Gasteiger partial charge is 0.494 e. The summed E-state index contributed by atoms with van der Waals surface area (Å²) in [7, 11) is 0. The molecule has 1 aromatic carbocycles. The predicted molar refractivity (Wildman–Crippen MR) is 89.8 cm³/mol. The molecule has 21 heavy (non-hydrogen) atoms. The number of amides is 1. The molecule has 1 rings (SSSR count). The normalized spacial score (nSPS) is 10.0. The standard InChI is InChI=1S/C16H24N2O2S/c1-3-5-11-17-16(21)18-15(19)13-7-9-14(10-8-13)20-12-6-4-2/h7-10H,3-6,11-12H2,1-2H3,(H2,17,18,19,21). The van der Waals surface area contributed by atoms with E-state index in [1.165, 1.54) is 0 Å². The van der Waals surface area contributed by atoms with Crippen molar-refractivity contribution in [1.82, 2.24) is 10.6 Å². The van der Waals surface area contributed by atoms with Gasteiger partial charge >= 0.3 is 0 Å². The molecule has 0 aliphatic carbocycles. The van der Waals surface area contributed by atoms with Crippen LogP contribution in [0.1, 0.15) is 49.9 Å². The maximum Gasteiger partial charge on any atom is 0.257 e. The van der Waals surface area contributed by atoms with Crippen LogP contribution in [0.2, 0.25) is 0 Å². The Labute approximate surface area is 132 Å². The zero-order valence-corrected chi connectivity index (χ0v) is 13.6. The van der Waals surface area contributed by atoms with Gasteiger partial charge < -0.3 is 10.1 Å². The molecular formula is C16H24N2O2S. The number of carbonyl (C=O) groups is 1. The summed E-state index contributed by atoms with van der Waals surface area (Å²) in [6.45, 7) is 5.70. The first-order chi connectivity index (χ1) is 10.2. The second kappa shape index (κ2) is 10.2. The Balaban J connectivity index is 2.41. The van der Waals surface area contributed by atoms with Gasteiger partial charge in [-0.05, 0) is 49.3 Å². The average Bonchev–Trinajstić information content (AvgIpc) is 2.48. The number of hydrogen-bond donors (Lipinski definition) is 2. The Morgan fingerprint density at radius 3 is 2.43 bits per heavy atom. The highest BCUT2D eigenvalue weighted by Crippen LogP contribution is 2.12. The van der Waals surface area contributed by atoms with E-state index in [0.717, 1.165) is 38.0 Å². The molecule has 0 spiro atoms. The molecular weight excluding hydrogens is 284 g/mol. The van der Waals surface area contributed by atoms with E-state index >= 15 is 0 Å². The first-order valence-corrected chi connectivity index (χ1v) is 7.90. The van der Waals surface area contributed by atoms with Crippen LogP contribution in [0, 0.1) is 0 Å². The number of ether oxygens (including phenoxy) is 1. The summed E-state index contributed by atoms with van der Waals surface area (Å²) in [6.07, 6.45) is 4.24. The molecule has 0 atom stereocenters. The zero-order valence-electron chi connectivity index (χ0n) is 12.8. The van der Waals surface area contributed by atoms with E-state index in [-0.39, 0.29) is 5.91 Å². The second-order valence-electron chi connectivity index (χ2n) is 4.79. The van der Waals surface area contributed by atoms with Gasteiger partial charge in [-0.1, -0.05) is 26.7 Å². The lowest BCUT2D eigenvalue weighted by Crippen LogP contribution is -2.39. The highest BCUT2D eigenvalue weighted by molar-refractivity contribution is 7.80. The van der Waals surface area contributed by atoms with E-state index in [0.29, 0.717) is 17.3 Å². The van der Waals surface area contributed by atoms with Crippen molar-refractivity contribution in [3.8, 4) is 5.75 Å².